The fourth-order valence-corrected chi connectivity index (χ4v) is 3.81. The van der Waals surface area contributed by atoms with Crippen molar-refractivity contribution in [3.63, 3.8) is 0 Å². The molecule has 14 heteroatoms. The van der Waals surface area contributed by atoms with Gasteiger partial charge in [0.05, 0.1) is 19.5 Å². The van der Waals surface area contributed by atoms with Crippen LogP contribution in [0.4, 0.5) is 9.59 Å². The number of hydrogen-bond donors (Lipinski definition) is 6. The number of benzene rings is 1. The first-order valence-electron chi connectivity index (χ1n) is 11.5. The molecule has 0 aromatic heterocycles. The number of nitrogens with zero attached hydrogens (tertiary/aromatic N) is 2. The van der Waals surface area contributed by atoms with Crippen molar-refractivity contribution in [2.24, 2.45) is 4.99 Å². The van der Waals surface area contributed by atoms with Crippen LogP contribution in [0, 0.1) is 0 Å². The smallest absolute Gasteiger partial charge is 0.425 e. The number of hydrogen-bond acceptors (Lipinski definition) is 9. The Hall–Kier alpha value is -4.20. The maximum Gasteiger partial charge on any atom is 0.425 e. The summed E-state index contributed by atoms with van der Waals surface area (Å²) >= 11 is 0. The number of quaternary nitrogens is 1. The van der Waals surface area contributed by atoms with E-state index in [1.165, 1.54) is 0 Å². The molecule has 2 unspecified atom stereocenters. The number of carbonyl (C=O) groups is 5. The largest absolute Gasteiger partial charge is 0.481 e. The van der Waals surface area contributed by atoms with Gasteiger partial charge < -0.3 is 31.1 Å². The highest BCUT2D eigenvalue weighted by Crippen LogP contribution is 2.15. The fourth-order valence-electron chi connectivity index (χ4n) is 3.81. The molecule has 36 heavy (non-hydrogen) atoms. The van der Waals surface area contributed by atoms with Crippen LogP contribution in [0.25, 0.3) is 0 Å². The van der Waals surface area contributed by atoms with Gasteiger partial charge >= 0.3 is 24.0 Å². The quantitative estimate of drug-likeness (QED) is 0.0883. The van der Waals surface area contributed by atoms with Crippen LogP contribution in [0.5, 0.6) is 0 Å². The normalized spacial score (nSPS) is 19.5. The Morgan fingerprint density at radius 1 is 1.14 bits per heavy atom. The molecule has 2 heterocycles. The third kappa shape index (κ3) is 7.40. The average Bonchev–Trinajstić information content (AvgIpc) is 3.45. The molecule has 1 aromatic carbocycles. The highest BCUT2D eigenvalue weighted by atomic mass is 16.5. The van der Waals surface area contributed by atoms with E-state index in [4.69, 9.17) is 4.74 Å². The Kier molecular flexibility index (Phi) is 9.16. The number of nitrogens with one attached hydrogen (secondary N) is 5. The van der Waals surface area contributed by atoms with Crippen LogP contribution in [-0.2, 0) is 25.7 Å². The number of rotatable bonds is 12. The number of ether oxygens (including phenoxy) is 1. The van der Waals surface area contributed by atoms with Gasteiger partial charge in [-0.1, -0.05) is 30.3 Å². The molecular formula is C22H30N7O7+. The molecule has 6 N–H and O–H groups in total. The molecule has 2 aliphatic rings. The number of aliphatic carboxylic acids is 1. The minimum absolute atomic E-state index is 0.0501. The topological polar surface area (TPSA) is 187 Å². The lowest BCUT2D eigenvalue weighted by Crippen LogP contribution is -2.60. The summed E-state index contributed by atoms with van der Waals surface area (Å²) in [5.41, 5.74) is 0.724. The molecule has 2 aliphatic heterocycles. The van der Waals surface area contributed by atoms with E-state index >= 15 is 0 Å². The second-order valence-corrected chi connectivity index (χ2v) is 8.26. The Labute approximate surface area is 207 Å². The Balaban J connectivity index is 1.56. The third-order valence-corrected chi connectivity index (χ3v) is 5.57. The second kappa shape index (κ2) is 12.5. The van der Waals surface area contributed by atoms with Gasteiger partial charge in [0.25, 0.3) is 5.91 Å². The molecule has 0 radical (unpaired) electrons. The number of aliphatic imine (C=N–C) groups is 1. The van der Waals surface area contributed by atoms with Crippen LogP contribution in [0.15, 0.2) is 35.3 Å². The maximum absolute atomic E-state index is 12.8. The van der Waals surface area contributed by atoms with Gasteiger partial charge in [0.2, 0.25) is 0 Å². The lowest BCUT2D eigenvalue weighted by Gasteiger charge is -2.27. The van der Waals surface area contributed by atoms with Crippen LogP contribution in [-0.4, -0.2) is 90.9 Å². The number of imide groups is 1. The third-order valence-electron chi connectivity index (χ3n) is 5.57. The zero-order valence-corrected chi connectivity index (χ0v) is 19.6. The van der Waals surface area contributed by atoms with Gasteiger partial charge in [0.1, 0.15) is 19.3 Å². The predicted molar refractivity (Wildman–Crippen MR) is 125 cm³/mol. The zero-order chi connectivity index (χ0) is 26.0. The van der Waals surface area contributed by atoms with Crippen LogP contribution in [0.2, 0.25) is 0 Å². The summed E-state index contributed by atoms with van der Waals surface area (Å²) in [5.74, 6) is -1.89. The summed E-state index contributed by atoms with van der Waals surface area (Å²) in [6, 6.07) is 8.23. The van der Waals surface area contributed by atoms with E-state index < -0.39 is 53.5 Å². The van der Waals surface area contributed by atoms with Gasteiger partial charge in [-0.05, 0) is 5.56 Å². The van der Waals surface area contributed by atoms with Crippen molar-refractivity contribution in [3.05, 3.63) is 35.9 Å². The number of carboxylic acids is 1. The molecular weight excluding hydrogens is 474 g/mol. The number of carbonyl (C=O) groups excluding carboxylic acids is 4. The van der Waals surface area contributed by atoms with Crippen molar-refractivity contribution in [2.75, 3.05) is 39.3 Å². The Morgan fingerprint density at radius 2 is 1.92 bits per heavy atom. The first-order chi connectivity index (χ1) is 17.3. The van der Waals surface area contributed by atoms with E-state index in [1.807, 2.05) is 0 Å². The van der Waals surface area contributed by atoms with Crippen molar-refractivity contribution >= 4 is 35.9 Å². The molecule has 2 atom stereocenters. The minimum Gasteiger partial charge on any atom is -0.481 e. The Morgan fingerprint density at radius 3 is 2.56 bits per heavy atom. The molecule has 0 aliphatic carbocycles. The summed E-state index contributed by atoms with van der Waals surface area (Å²) in [6.45, 7) is 1.06. The standard InChI is InChI=1S/C22H29N7O7/c30-17(27-16(11-19(32)33)28-22(35)36-14-15-5-2-1-3-6-15)13-29(18(31)12-26-21(29)34)10-4-7-23-20-24-8-9-25-20/h1-3,5-6,16H,4,7-14H2,(H5-,23,24,25,26,27,28,30,32,33,34,35)/p+1. The second-order valence-electron chi connectivity index (χ2n) is 8.26. The molecule has 1 fully saturated rings. The number of urea groups is 1. The number of amides is 5. The number of carboxylic acid groups (broad SMARTS) is 1. The first-order valence-corrected chi connectivity index (χ1v) is 11.5. The van der Waals surface area contributed by atoms with Crippen molar-refractivity contribution in [1.29, 1.82) is 0 Å². The SMILES string of the molecule is O=C(O)CC(NC(=O)C[N+]1(CCCNC2=NCCN2)C(=O)CNC1=O)NC(=O)OCc1ccccc1. The summed E-state index contributed by atoms with van der Waals surface area (Å²) in [7, 11) is 0. The number of alkyl carbamates (subject to hydrolysis) is 1. The lowest BCUT2D eigenvalue weighted by atomic mass is 10.2. The van der Waals surface area contributed by atoms with Crippen molar-refractivity contribution < 1.29 is 38.3 Å². The number of guanidine groups is 1. The molecule has 0 spiro atoms. The van der Waals surface area contributed by atoms with E-state index in [2.05, 4.69) is 31.6 Å². The molecule has 1 aromatic rings. The maximum atomic E-state index is 12.8. The molecule has 1 saturated heterocycles. The summed E-state index contributed by atoms with van der Waals surface area (Å²) < 4.78 is 4.32. The van der Waals surface area contributed by atoms with E-state index in [0.29, 0.717) is 25.5 Å². The van der Waals surface area contributed by atoms with Gasteiger partial charge in [0.15, 0.2) is 12.5 Å². The van der Waals surface area contributed by atoms with Gasteiger partial charge in [-0.15, -0.1) is 0 Å². The molecule has 3 rings (SSSR count). The highest BCUT2D eigenvalue weighted by Gasteiger charge is 2.51. The van der Waals surface area contributed by atoms with Crippen molar-refractivity contribution in [3.8, 4) is 0 Å². The fraction of sp³-hybridized carbons (Fsp3) is 0.455. The van der Waals surface area contributed by atoms with E-state index in [-0.39, 0.29) is 19.7 Å². The summed E-state index contributed by atoms with van der Waals surface area (Å²) in [6.07, 6.45) is -2.49. The van der Waals surface area contributed by atoms with E-state index in [0.717, 1.165) is 12.1 Å². The zero-order valence-electron chi connectivity index (χ0n) is 19.6. The minimum atomic E-state index is -1.31. The monoisotopic (exact) mass is 504 g/mol. The molecule has 0 saturated carbocycles. The van der Waals surface area contributed by atoms with E-state index in [9.17, 15) is 29.1 Å². The average molecular weight is 505 g/mol. The molecule has 14 nitrogen and oxygen atoms in total. The summed E-state index contributed by atoms with van der Waals surface area (Å²) in [4.78, 5) is 65.6. The highest BCUT2D eigenvalue weighted by molar-refractivity contribution is 5.95. The van der Waals surface area contributed by atoms with Gasteiger partial charge in [-0.2, -0.15) is 4.48 Å². The van der Waals surface area contributed by atoms with Gasteiger partial charge in [-0.3, -0.25) is 19.9 Å². The summed E-state index contributed by atoms with van der Waals surface area (Å²) in [5, 5.41) is 22.4. The lowest BCUT2D eigenvalue weighted by molar-refractivity contribution is -0.759. The van der Waals surface area contributed by atoms with Gasteiger partial charge in [0, 0.05) is 19.5 Å². The Bertz CT molecular complexity index is 999. The molecule has 5 amide bonds. The predicted octanol–water partition coefficient (Wildman–Crippen LogP) is -1.16. The first kappa shape index (κ1) is 26.4. The van der Waals surface area contributed by atoms with Crippen molar-refractivity contribution in [1.82, 2.24) is 26.6 Å². The van der Waals surface area contributed by atoms with Crippen LogP contribution in [0.3, 0.4) is 0 Å². The van der Waals surface area contributed by atoms with Crippen LogP contribution >= 0.6 is 0 Å². The van der Waals surface area contributed by atoms with Gasteiger partial charge in [-0.25, -0.2) is 14.4 Å². The van der Waals surface area contributed by atoms with Crippen LogP contribution in [0.1, 0.15) is 18.4 Å². The van der Waals surface area contributed by atoms with E-state index in [1.54, 1.807) is 30.3 Å². The van der Waals surface area contributed by atoms with Crippen LogP contribution < -0.4 is 26.6 Å². The molecule has 194 valence electrons. The van der Waals surface area contributed by atoms with Crippen molar-refractivity contribution in [2.45, 2.75) is 25.6 Å². The molecule has 0 bridgehead atoms.